The van der Waals surface area contributed by atoms with Crippen LogP contribution in [0.4, 0.5) is 0 Å². The van der Waals surface area contributed by atoms with E-state index in [1.54, 1.807) is 6.20 Å². The summed E-state index contributed by atoms with van der Waals surface area (Å²) in [6.07, 6.45) is 4.11. The molecule has 2 nitrogen and oxygen atoms in total. The van der Waals surface area contributed by atoms with Gasteiger partial charge in [0, 0.05) is 17.3 Å². The fourth-order valence-corrected chi connectivity index (χ4v) is 1.26. The van der Waals surface area contributed by atoms with Crippen LogP contribution in [0.3, 0.4) is 0 Å². The van der Waals surface area contributed by atoms with Crippen LogP contribution in [0.25, 0.3) is 0 Å². The maximum Gasteiger partial charge on any atom is 0.101 e. The van der Waals surface area contributed by atoms with Crippen LogP contribution in [-0.2, 0) is 5.41 Å². The summed E-state index contributed by atoms with van der Waals surface area (Å²) >= 11 is 0. The van der Waals surface area contributed by atoms with Crippen molar-refractivity contribution in [3.05, 3.63) is 29.6 Å². The number of hydrogen-bond donors (Lipinski definition) is 0. The number of rotatable bonds is 1. The van der Waals surface area contributed by atoms with Gasteiger partial charge in [0.2, 0.25) is 0 Å². The van der Waals surface area contributed by atoms with Crippen molar-refractivity contribution in [3.8, 4) is 6.07 Å². The molecule has 1 aromatic rings. The Bertz CT molecular complexity index is 328. The van der Waals surface area contributed by atoms with Crippen molar-refractivity contribution in [1.29, 1.82) is 5.26 Å². The van der Waals surface area contributed by atoms with E-state index in [2.05, 4.69) is 18.0 Å². The van der Waals surface area contributed by atoms with E-state index in [0.717, 1.165) is 5.69 Å². The van der Waals surface area contributed by atoms with Gasteiger partial charge in [0.25, 0.3) is 0 Å². The third-order valence-corrected chi connectivity index (χ3v) is 2.51. The molecule has 0 N–H and O–H groups in total. The van der Waals surface area contributed by atoms with Crippen LogP contribution in [0.1, 0.15) is 31.0 Å². The molecule has 1 aromatic heterocycles. The van der Waals surface area contributed by atoms with Crippen LogP contribution in [0.2, 0.25) is 0 Å². The average Bonchev–Trinajstić information content (AvgIpc) is 2.85. The zero-order valence-electron chi connectivity index (χ0n) is 7.04. The summed E-state index contributed by atoms with van der Waals surface area (Å²) in [7, 11) is 0. The number of nitrogens with zero attached hydrogens (tertiary/aromatic N) is 2. The molecule has 0 unspecified atom stereocenters. The van der Waals surface area contributed by atoms with Crippen molar-refractivity contribution < 1.29 is 0 Å². The Hall–Kier alpha value is -1.36. The molecule has 0 radical (unpaired) electrons. The van der Waals surface area contributed by atoms with Crippen LogP contribution in [0.15, 0.2) is 18.3 Å². The Morgan fingerprint density at radius 2 is 2.25 bits per heavy atom. The highest BCUT2D eigenvalue weighted by Gasteiger charge is 2.40. The van der Waals surface area contributed by atoms with Crippen molar-refractivity contribution >= 4 is 0 Å². The molecule has 2 rings (SSSR count). The SMILES string of the molecule is CC1(c2ccc(C#N)cn2)CC1. The maximum absolute atomic E-state index is 8.56. The molecule has 60 valence electrons. The van der Waals surface area contributed by atoms with E-state index < -0.39 is 0 Å². The smallest absolute Gasteiger partial charge is 0.101 e. The summed E-state index contributed by atoms with van der Waals surface area (Å²) in [5.41, 5.74) is 2.08. The van der Waals surface area contributed by atoms with Crippen molar-refractivity contribution in [3.63, 3.8) is 0 Å². The molecule has 0 saturated heterocycles. The van der Waals surface area contributed by atoms with Crippen LogP contribution in [0, 0.1) is 11.3 Å². The third-order valence-electron chi connectivity index (χ3n) is 2.51. The molecular weight excluding hydrogens is 148 g/mol. The molecule has 2 heteroatoms. The zero-order chi connectivity index (χ0) is 8.60. The van der Waals surface area contributed by atoms with Crippen molar-refractivity contribution in [2.45, 2.75) is 25.2 Å². The average molecular weight is 158 g/mol. The minimum atomic E-state index is 0.313. The Labute approximate surface area is 71.9 Å². The molecule has 1 aliphatic rings. The summed E-state index contributed by atoms with van der Waals surface area (Å²) in [6, 6.07) is 5.87. The standard InChI is InChI=1S/C10H10N2/c1-10(4-5-10)9-3-2-8(6-11)7-12-9/h2-3,7H,4-5H2,1H3. The first-order valence-corrected chi connectivity index (χ1v) is 4.11. The van der Waals surface area contributed by atoms with Crippen LogP contribution < -0.4 is 0 Å². The fraction of sp³-hybridized carbons (Fsp3) is 0.400. The second-order valence-corrected chi connectivity index (χ2v) is 3.60. The highest BCUT2D eigenvalue weighted by molar-refractivity contribution is 5.30. The molecule has 0 atom stereocenters. The summed E-state index contributed by atoms with van der Waals surface area (Å²) in [5, 5.41) is 8.56. The highest BCUT2D eigenvalue weighted by Crippen LogP contribution is 2.46. The second kappa shape index (κ2) is 2.31. The lowest BCUT2D eigenvalue weighted by atomic mass is 10.0. The largest absolute Gasteiger partial charge is 0.259 e. The van der Waals surface area contributed by atoms with E-state index in [1.165, 1.54) is 12.8 Å². The molecule has 0 amide bonds. The Kier molecular flexibility index (Phi) is 1.41. The molecular formula is C10H10N2. The minimum absolute atomic E-state index is 0.313. The van der Waals surface area contributed by atoms with E-state index in [9.17, 15) is 0 Å². The van der Waals surface area contributed by atoms with Gasteiger partial charge in [-0.2, -0.15) is 5.26 Å². The first-order valence-electron chi connectivity index (χ1n) is 4.11. The molecule has 1 fully saturated rings. The van der Waals surface area contributed by atoms with E-state index >= 15 is 0 Å². The van der Waals surface area contributed by atoms with E-state index in [0.29, 0.717) is 11.0 Å². The van der Waals surface area contributed by atoms with Crippen LogP contribution in [-0.4, -0.2) is 4.98 Å². The van der Waals surface area contributed by atoms with Crippen LogP contribution in [0.5, 0.6) is 0 Å². The van der Waals surface area contributed by atoms with E-state index in [1.807, 2.05) is 12.1 Å². The molecule has 0 aliphatic heterocycles. The van der Waals surface area contributed by atoms with Gasteiger partial charge in [0.05, 0.1) is 5.56 Å². The second-order valence-electron chi connectivity index (χ2n) is 3.60. The monoisotopic (exact) mass is 158 g/mol. The van der Waals surface area contributed by atoms with Crippen molar-refractivity contribution in [1.82, 2.24) is 4.98 Å². The molecule has 1 saturated carbocycles. The first-order chi connectivity index (χ1) is 5.74. The Morgan fingerprint density at radius 1 is 1.50 bits per heavy atom. The maximum atomic E-state index is 8.56. The van der Waals surface area contributed by atoms with E-state index in [4.69, 9.17) is 5.26 Å². The van der Waals surface area contributed by atoms with Gasteiger partial charge in [-0.25, -0.2) is 0 Å². The van der Waals surface area contributed by atoms with Crippen molar-refractivity contribution in [2.24, 2.45) is 0 Å². The number of pyridine rings is 1. The predicted molar refractivity (Wildman–Crippen MR) is 45.5 cm³/mol. The summed E-state index contributed by atoms with van der Waals surface area (Å²) < 4.78 is 0. The van der Waals surface area contributed by atoms with Gasteiger partial charge in [-0.15, -0.1) is 0 Å². The number of nitriles is 1. The topological polar surface area (TPSA) is 36.7 Å². The summed E-state index contributed by atoms with van der Waals surface area (Å²) in [4.78, 5) is 4.26. The lowest BCUT2D eigenvalue weighted by Crippen LogP contribution is -2.02. The van der Waals surface area contributed by atoms with Gasteiger partial charge in [-0.3, -0.25) is 4.98 Å². The Morgan fingerprint density at radius 3 is 2.67 bits per heavy atom. The Balaban J connectivity index is 2.32. The molecule has 0 bridgehead atoms. The summed E-state index contributed by atoms with van der Waals surface area (Å²) in [5.74, 6) is 0. The highest BCUT2D eigenvalue weighted by atomic mass is 14.7. The molecule has 0 aromatic carbocycles. The van der Waals surface area contributed by atoms with Gasteiger partial charge in [0.15, 0.2) is 0 Å². The van der Waals surface area contributed by atoms with Crippen molar-refractivity contribution in [2.75, 3.05) is 0 Å². The predicted octanol–water partition coefficient (Wildman–Crippen LogP) is 2.00. The van der Waals surface area contributed by atoms with Gasteiger partial charge < -0.3 is 0 Å². The zero-order valence-corrected chi connectivity index (χ0v) is 7.04. The third kappa shape index (κ3) is 1.08. The van der Waals surface area contributed by atoms with Crippen LogP contribution >= 0.6 is 0 Å². The molecule has 1 heterocycles. The minimum Gasteiger partial charge on any atom is -0.259 e. The molecule has 0 spiro atoms. The first kappa shape index (κ1) is 7.30. The number of hydrogen-bond acceptors (Lipinski definition) is 2. The lowest BCUT2D eigenvalue weighted by molar-refractivity contribution is 0.749. The quantitative estimate of drug-likeness (QED) is 0.626. The summed E-state index contributed by atoms with van der Waals surface area (Å²) in [6.45, 7) is 2.21. The van der Waals surface area contributed by atoms with Gasteiger partial charge in [-0.1, -0.05) is 6.92 Å². The normalized spacial score (nSPS) is 18.3. The molecule has 1 aliphatic carbocycles. The van der Waals surface area contributed by atoms with E-state index in [-0.39, 0.29) is 0 Å². The lowest BCUT2D eigenvalue weighted by Gasteiger charge is -2.05. The van der Waals surface area contributed by atoms with Gasteiger partial charge >= 0.3 is 0 Å². The van der Waals surface area contributed by atoms with Gasteiger partial charge in [-0.05, 0) is 25.0 Å². The molecule has 12 heavy (non-hydrogen) atoms. The number of aromatic nitrogens is 1. The van der Waals surface area contributed by atoms with Gasteiger partial charge in [0.1, 0.15) is 6.07 Å². The fourth-order valence-electron chi connectivity index (χ4n) is 1.26.